The predicted octanol–water partition coefficient (Wildman–Crippen LogP) is 4.71. The first kappa shape index (κ1) is 20.3. The highest BCUT2D eigenvalue weighted by molar-refractivity contribution is 7.18. The van der Waals surface area contributed by atoms with E-state index < -0.39 is 11.9 Å². The van der Waals surface area contributed by atoms with Gasteiger partial charge in [0.15, 0.2) is 0 Å². The van der Waals surface area contributed by atoms with Crippen LogP contribution in [0.4, 0.5) is 5.00 Å². The molecule has 7 nitrogen and oxygen atoms in total. The lowest BCUT2D eigenvalue weighted by Gasteiger charge is -2.06. The second-order valence-corrected chi connectivity index (χ2v) is 7.63. The Morgan fingerprint density at radius 3 is 2.55 bits per heavy atom. The third kappa shape index (κ3) is 4.05. The summed E-state index contributed by atoms with van der Waals surface area (Å²) in [5.41, 5.74) is 2.13. The van der Waals surface area contributed by atoms with E-state index in [0.717, 1.165) is 16.9 Å². The zero-order valence-electron chi connectivity index (χ0n) is 16.4. The minimum Gasteiger partial charge on any atom is -0.459 e. The molecule has 0 aliphatic rings. The van der Waals surface area contributed by atoms with Crippen molar-refractivity contribution in [1.29, 1.82) is 5.26 Å². The fraction of sp³-hybridized carbons (Fsp3) is 0.238. The molecule has 0 unspecified atom stereocenters. The molecular formula is C21H19N3O4S. The van der Waals surface area contributed by atoms with Crippen LogP contribution in [0.15, 0.2) is 34.9 Å². The number of hydrogen-bond donors (Lipinski definition) is 1. The van der Waals surface area contributed by atoms with Crippen LogP contribution in [-0.4, -0.2) is 23.1 Å². The smallest absolute Gasteiger partial charge is 0.348 e. The number of carbonyl (C=O) groups excluding carboxylic acids is 2. The van der Waals surface area contributed by atoms with Crippen LogP contribution in [0, 0.1) is 25.2 Å². The molecule has 148 valence electrons. The van der Waals surface area contributed by atoms with Gasteiger partial charge in [0.05, 0.1) is 11.7 Å². The second-order valence-electron chi connectivity index (χ2n) is 6.61. The Bertz CT molecular complexity index is 1110. The molecule has 1 aromatic carbocycles. The topological polar surface area (TPSA) is 105 Å². The molecule has 29 heavy (non-hydrogen) atoms. The molecule has 0 aliphatic carbocycles. The standard InChI is InChI=1S/C21H19N3O4S/c1-11(2)27-21(26)18-12(3)15(10-22)20(29-18)23-19(25)16-13(4)28-24-17(16)14-8-6-5-7-9-14/h5-9,11H,1-4H3,(H,23,25). The molecule has 1 N–H and O–H groups in total. The van der Waals surface area contributed by atoms with Gasteiger partial charge in [0.25, 0.3) is 5.91 Å². The molecule has 1 amide bonds. The molecule has 3 aromatic rings. The number of amides is 1. The number of esters is 1. The summed E-state index contributed by atoms with van der Waals surface area (Å²) < 4.78 is 10.5. The summed E-state index contributed by atoms with van der Waals surface area (Å²) in [7, 11) is 0. The maximum atomic E-state index is 13.0. The Morgan fingerprint density at radius 1 is 1.24 bits per heavy atom. The quantitative estimate of drug-likeness (QED) is 0.612. The summed E-state index contributed by atoms with van der Waals surface area (Å²) in [5.74, 6) is -0.637. The van der Waals surface area contributed by atoms with Crippen LogP contribution in [0.25, 0.3) is 11.3 Å². The van der Waals surface area contributed by atoms with Gasteiger partial charge < -0.3 is 14.6 Å². The van der Waals surface area contributed by atoms with Crippen molar-refractivity contribution in [2.75, 3.05) is 5.32 Å². The molecular weight excluding hydrogens is 390 g/mol. The molecule has 0 fully saturated rings. The second kappa shape index (κ2) is 8.29. The zero-order chi connectivity index (χ0) is 21.1. The maximum Gasteiger partial charge on any atom is 0.348 e. The lowest BCUT2D eigenvalue weighted by Crippen LogP contribution is -2.13. The third-order valence-electron chi connectivity index (χ3n) is 4.15. The first-order valence-corrected chi connectivity index (χ1v) is 9.72. The number of nitrogens with one attached hydrogen (secondary N) is 1. The van der Waals surface area contributed by atoms with Crippen molar-refractivity contribution in [3.05, 3.63) is 57.7 Å². The highest BCUT2D eigenvalue weighted by Crippen LogP contribution is 2.34. The van der Waals surface area contributed by atoms with Crippen LogP contribution in [-0.2, 0) is 4.74 Å². The normalized spacial score (nSPS) is 10.6. The molecule has 0 atom stereocenters. The number of aromatic nitrogens is 1. The van der Waals surface area contributed by atoms with Gasteiger partial charge in [-0.3, -0.25) is 4.79 Å². The van der Waals surface area contributed by atoms with Crippen molar-refractivity contribution in [2.45, 2.75) is 33.8 Å². The average Bonchev–Trinajstić information content (AvgIpc) is 3.21. The highest BCUT2D eigenvalue weighted by Gasteiger charge is 2.26. The van der Waals surface area contributed by atoms with E-state index >= 15 is 0 Å². The van der Waals surface area contributed by atoms with Gasteiger partial charge in [-0.15, -0.1) is 11.3 Å². The van der Waals surface area contributed by atoms with E-state index in [1.807, 2.05) is 30.3 Å². The molecule has 0 spiro atoms. The molecule has 2 aromatic heterocycles. The van der Waals surface area contributed by atoms with Crippen molar-refractivity contribution < 1.29 is 18.8 Å². The first-order valence-electron chi connectivity index (χ1n) is 8.91. The highest BCUT2D eigenvalue weighted by atomic mass is 32.1. The Balaban J connectivity index is 1.96. The number of hydrogen-bond acceptors (Lipinski definition) is 7. The van der Waals surface area contributed by atoms with E-state index in [-0.39, 0.29) is 27.1 Å². The van der Waals surface area contributed by atoms with E-state index in [4.69, 9.17) is 9.26 Å². The van der Waals surface area contributed by atoms with E-state index in [1.54, 1.807) is 27.7 Å². The molecule has 8 heteroatoms. The van der Waals surface area contributed by atoms with E-state index in [9.17, 15) is 14.9 Å². The average molecular weight is 409 g/mol. The Labute approximate surface area is 171 Å². The zero-order valence-corrected chi connectivity index (χ0v) is 17.2. The molecule has 0 saturated heterocycles. The lowest BCUT2D eigenvalue weighted by molar-refractivity contribution is 0.0383. The Hall–Kier alpha value is -3.44. The number of ether oxygens (including phenoxy) is 1. The summed E-state index contributed by atoms with van der Waals surface area (Å²) in [4.78, 5) is 25.6. The number of anilines is 1. The van der Waals surface area contributed by atoms with Gasteiger partial charge in [-0.25, -0.2) is 4.79 Å². The summed E-state index contributed by atoms with van der Waals surface area (Å²) in [6.45, 7) is 6.79. The van der Waals surface area contributed by atoms with Crippen molar-refractivity contribution >= 4 is 28.2 Å². The summed E-state index contributed by atoms with van der Waals surface area (Å²) in [6, 6.07) is 11.2. The first-order chi connectivity index (χ1) is 13.8. The summed E-state index contributed by atoms with van der Waals surface area (Å²) in [6.07, 6.45) is -0.291. The van der Waals surface area contributed by atoms with E-state index in [0.29, 0.717) is 17.0 Å². The van der Waals surface area contributed by atoms with E-state index in [2.05, 4.69) is 16.5 Å². The van der Waals surface area contributed by atoms with Crippen molar-refractivity contribution in [2.24, 2.45) is 0 Å². The fourth-order valence-corrected chi connectivity index (χ4v) is 3.83. The van der Waals surface area contributed by atoms with Crippen LogP contribution in [0.1, 0.15) is 50.8 Å². The van der Waals surface area contributed by atoms with Crippen LogP contribution in [0.5, 0.6) is 0 Å². The monoisotopic (exact) mass is 409 g/mol. The number of carbonyl (C=O) groups is 2. The fourth-order valence-electron chi connectivity index (χ4n) is 2.80. The summed E-state index contributed by atoms with van der Waals surface area (Å²) in [5, 5.41) is 16.5. The molecule has 0 radical (unpaired) electrons. The van der Waals surface area contributed by atoms with Gasteiger partial charge in [-0.1, -0.05) is 35.5 Å². The summed E-state index contributed by atoms with van der Waals surface area (Å²) >= 11 is 1.01. The Kier molecular flexibility index (Phi) is 5.80. The molecule has 0 aliphatic heterocycles. The Morgan fingerprint density at radius 2 is 1.93 bits per heavy atom. The van der Waals surface area contributed by atoms with Crippen molar-refractivity contribution in [3.63, 3.8) is 0 Å². The van der Waals surface area contributed by atoms with Gasteiger partial charge in [0.2, 0.25) is 0 Å². The minimum absolute atomic E-state index is 0.231. The van der Waals surface area contributed by atoms with Gasteiger partial charge >= 0.3 is 5.97 Å². The van der Waals surface area contributed by atoms with Gasteiger partial charge in [0, 0.05) is 5.56 Å². The predicted molar refractivity (Wildman–Crippen MR) is 109 cm³/mol. The van der Waals surface area contributed by atoms with Gasteiger partial charge in [-0.2, -0.15) is 5.26 Å². The van der Waals surface area contributed by atoms with Crippen molar-refractivity contribution in [1.82, 2.24) is 5.16 Å². The maximum absolute atomic E-state index is 13.0. The number of thiophene rings is 1. The van der Waals surface area contributed by atoms with Crippen molar-refractivity contribution in [3.8, 4) is 17.3 Å². The number of aryl methyl sites for hydroxylation is 1. The third-order valence-corrected chi connectivity index (χ3v) is 5.34. The van der Waals surface area contributed by atoms with Gasteiger partial charge in [0.1, 0.15) is 33.0 Å². The molecule has 0 bridgehead atoms. The van der Waals surface area contributed by atoms with Crippen LogP contribution in [0.3, 0.4) is 0 Å². The minimum atomic E-state index is -0.523. The van der Waals surface area contributed by atoms with Crippen LogP contribution < -0.4 is 5.32 Å². The number of benzene rings is 1. The number of nitrogens with zero attached hydrogens (tertiary/aromatic N) is 2. The molecule has 2 heterocycles. The number of rotatable bonds is 5. The largest absolute Gasteiger partial charge is 0.459 e. The van der Waals surface area contributed by atoms with Crippen LogP contribution in [0.2, 0.25) is 0 Å². The SMILES string of the molecule is Cc1onc(-c2ccccc2)c1C(=O)Nc1sc(C(=O)OC(C)C)c(C)c1C#N. The number of nitriles is 1. The van der Waals surface area contributed by atoms with E-state index in [1.165, 1.54) is 0 Å². The molecule has 3 rings (SSSR count). The van der Waals surface area contributed by atoms with Gasteiger partial charge in [-0.05, 0) is 33.3 Å². The van der Waals surface area contributed by atoms with Crippen LogP contribution >= 0.6 is 11.3 Å². The molecule has 0 saturated carbocycles. The lowest BCUT2D eigenvalue weighted by atomic mass is 10.1.